The van der Waals surface area contributed by atoms with Crippen LogP contribution in [0.3, 0.4) is 0 Å². The van der Waals surface area contributed by atoms with E-state index in [0.717, 1.165) is 29.1 Å². The Balaban J connectivity index is 1.79. The van der Waals surface area contributed by atoms with Crippen LogP contribution in [0.5, 0.6) is 0 Å². The van der Waals surface area contributed by atoms with Crippen LogP contribution in [0, 0.1) is 0 Å². The van der Waals surface area contributed by atoms with Crippen molar-refractivity contribution >= 4 is 28.8 Å². The number of nitrogens with zero attached hydrogens (tertiary/aromatic N) is 1. The predicted octanol–water partition coefficient (Wildman–Crippen LogP) is 4.24. The molecule has 0 saturated heterocycles. The maximum Gasteiger partial charge on any atom is 0.0426 e. The highest BCUT2D eigenvalue weighted by Crippen LogP contribution is 2.32. The third-order valence-electron chi connectivity index (χ3n) is 3.54. The van der Waals surface area contributed by atoms with E-state index in [-0.39, 0.29) is 0 Å². The van der Waals surface area contributed by atoms with E-state index in [9.17, 15) is 0 Å². The summed E-state index contributed by atoms with van der Waals surface area (Å²) in [6.45, 7) is 2.24. The lowest BCUT2D eigenvalue weighted by molar-refractivity contribution is 0.291. The summed E-state index contributed by atoms with van der Waals surface area (Å²) in [5, 5.41) is 1.44. The largest absolute Gasteiger partial charge is 0.296 e. The van der Waals surface area contributed by atoms with Gasteiger partial charge in [0.1, 0.15) is 0 Å². The standard InChI is InChI=1S/C14H15Cl2N/c15-12-7-11(8-13(16)9-12)10-3-5-17(6-4-10)14-1-2-14/h3,7-9,14H,1-2,4-6H2. The summed E-state index contributed by atoms with van der Waals surface area (Å²) in [6.07, 6.45) is 6.19. The number of hydrogen-bond donors (Lipinski definition) is 0. The molecule has 90 valence electrons. The minimum atomic E-state index is 0.720. The van der Waals surface area contributed by atoms with E-state index >= 15 is 0 Å². The first kappa shape index (κ1) is 11.6. The van der Waals surface area contributed by atoms with Crippen LogP contribution in [0.4, 0.5) is 0 Å². The van der Waals surface area contributed by atoms with Crippen molar-refractivity contribution in [1.82, 2.24) is 4.90 Å². The SMILES string of the molecule is Clc1cc(Cl)cc(C2=CCN(C3CC3)CC2)c1. The number of hydrogen-bond acceptors (Lipinski definition) is 1. The molecule has 0 atom stereocenters. The van der Waals surface area contributed by atoms with Crippen LogP contribution in [-0.2, 0) is 0 Å². The minimum absolute atomic E-state index is 0.720. The molecule has 0 bridgehead atoms. The second kappa shape index (κ2) is 4.64. The van der Waals surface area contributed by atoms with Crippen molar-refractivity contribution in [3.63, 3.8) is 0 Å². The van der Waals surface area contributed by atoms with Gasteiger partial charge in [-0.25, -0.2) is 0 Å². The molecular weight excluding hydrogens is 253 g/mol. The lowest BCUT2D eigenvalue weighted by Crippen LogP contribution is -2.30. The highest BCUT2D eigenvalue weighted by atomic mass is 35.5. The van der Waals surface area contributed by atoms with Gasteiger partial charge < -0.3 is 0 Å². The number of benzene rings is 1. The summed E-state index contributed by atoms with van der Waals surface area (Å²) >= 11 is 12.1. The average molecular weight is 268 g/mol. The van der Waals surface area contributed by atoms with Crippen molar-refractivity contribution in [2.24, 2.45) is 0 Å². The second-order valence-corrected chi connectivity index (χ2v) is 5.74. The quantitative estimate of drug-likeness (QED) is 0.775. The first-order valence-corrected chi connectivity index (χ1v) is 6.87. The Hall–Kier alpha value is -0.500. The van der Waals surface area contributed by atoms with Gasteiger partial charge in [-0.15, -0.1) is 0 Å². The van der Waals surface area contributed by atoms with Crippen LogP contribution < -0.4 is 0 Å². The molecule has 1 saturated carbocycles. The summed E-state index contributed by atoms with van der Waals surface area (Å²) in [5.41, 5.74) is 2.56. The van der Waals surface area contributed by atoms with Crippen LogP contribution in [0.2, 0.25) is 10.0 Å². The molecule has 1 aliphatic carbocycles. The Morgan fingerprint density at radius 1 is 1.06 bits per heavy atom. The summed E-state index contributed by atoms with van der Waals surface area (Å²) < 4.78 is 0. The molecule has 1 fully saturated rings. The molecule has 1 aliphatic heterocycles. The fraction of sp³-hybridized carbons (Fsp3) is 0.429. The molecule has 0 radical (unpaired) electrons. The maximum absolute atomic E-state index is 6.04. The van der Waals surface area contributed by atoms with Crippen LogP contribution in [0.1, 0.15) is 24.8 Å². The Morgan fingerprint density at radius 3 is 2.29 bits per heavy atom. The van der Waals surface area contributed by atoms with Crippen LogP contribution in [0.25, 0.3) is 5.57 Å². The van der Waals surface area contributed by atoms with Gasteiger partial charge >= 0.3 is 0 Å². The van der Waals surface area contributed by atoms with Gasteiger partial charge in [0.25, 0.3) is 0 Å². The molecule has 0 spiro atoms. The normalized spacial score (nSPS) is 21.4. The molecule has 2 aliphatic rings. The van der Waals surface area contributed by atoms with Crippen molar-refractivity contribution in [2.45, 2.75) is 25.3 Å². The van der Waals surface area contributed by atoms with E-state index in [1.54, 1.807) is 6.07 Å². The van der Waals surface area contributed by atoms with E-state index in [0.29, 0.717) is 0 Å². The molecule has 1 nitrogen and oxygen atoms in total. The first-order valence-electron chi connectivity index (χ1n) is 6.12. The molecule has 1 aromatic carbocycles. The van der Waals surface area contributed by atoms with Crippen molar-refractivity contribution in [1.29, 1.82) is 0 Å². The zero-order valence-corrected chi connectivity index (χ0v) is 11.1. The smallest absolute Gasteiger partial charge is 0.0426 e. The predicted molar refractivity (Wildman–Crippen MR) is 73.7 cm³/mol. The molecule has 0 amide bonds. The lowest BCUT2D eigenvalue weighted by Gasteiger charge is -2.26. The summed E-state index contributed by atoms with van der Waals surface area (Å²) in [7, 11) is 0. The molecule has 3 heteroatoms. The molecule has 0 N–H and O–H groups in total. The van der Waals surface area contributed by atoms with Gasteiger partial charge in [0.2, 0.25) is 0 Å². The van der Waals surface area contributed by atoms with Crippen molar-refractivity contribution in [2.75, 3.05) is 13.1 Å². The molecule has 1 aromatic rings. The van der Waals surface area contributed by atoms with Crippen LogP contribution in [-0.4, -0.2) is 24.0 Å². The Kier molecular flexibility index (Phi) is 3.16. The molecule has 0 aromatic heterocycles. The first-order chi connectivity index (χ1) is 8.22. The molecular formula is C14H15Cl2N. The molecule has 1 heterocycles. The van der Waals surface area contributed by atoms with Gasteiger partial charge in [0.05, 0.1) is 0 Å². The van der Waals surface area contributed by atoms with Gasteiger partial charge in [-0.3, -0.25) is 4.90 Å². The highest BCUT2D eigenvalue weighted by molar-refractivity contribution is 6.34. The third kappa shape index (κ3) is 2.67. The van der Waals surface area contributed by atoms with Crippen molar-refractivity contribution in [3.05, 3.63) is 39.9 Å². The summed E-state index contributed by atoms with van der Waals surface area (Å²) in [4.78, 5) is 2.57. The van der Waals surface area contributed by atoms with Gasteiger partial charge in [0.15, 0.2) is 0 Å². The lowest BCUT2D eigenvalue weighted by atomic mass is 9.99. The molecule has 3 rings (SSSR count). The van der Waals surface area contributed by atoms with E-state index in [1.165, 1.54) is 30.5 Å². The monoisotopic (exact) mass is 267 g/mol. The Bertz CT molecular complexity index is 443. The Labute approximate surface area is 112 Å². The average Bonchev–Trinajstić information content (AvgIpc) is 3.12. The second-order valence-electron chi connectivity index (χ2n) is 4.86. The van der Waals surface area contributed by atoms with Crippen molar-refractivity contribution in [3.8, 4) is 0 Å². The summed E-state index contributed by atoms with van der Waals surface area (Å²) in [6, 6.07) is 6.65. The molecule has 17 heavy (non-hydrogen) atoms. The zero-order valence-electron chi connectivity index (χ0n) is 9.63. The highest BCUT2D eigenvalue weighted by Gasteiger charge is 2.29. The fourth-order valence-corrected chi connectivity index (χ4v) is 2.98. The molecule has 0 unspecified atom stereocenters. The van der Waals surface area contributed by atoms with Gasteiger partial charge in [-0.2, -0.15) is 0 Å². The van der Waals surface area contributed by atoms with Gasteiger partial charge in [-0.05, 0) is 48.6 Å². The van der Waals surface area contributed by atoms with E-state index < -0.39 is 0 Å². The van der Waals surface area contributed by atoms with Crippen LogP contribution in [0.15, 0.2) is 24.3 Å². The van der Waals surface area contributed by atoms with E-state index in [4.69, 9.17) is 23.2 Å². The summed E-state index contributed by atoms with van der Waals surface area (Å²) in [5.74, 6) is 0. The fourth-order valence-electron chi connectivity index (χ4n) is 2.46. The van der Waals surface area contributed by atoms with Gasteiger partial charge in [0, 0.05) is 29.2 Å². The Morgan fingerprint density at radius 2 is 1.76 bits per heavy atom. The minimum Gasteiger partial charge on any atom is -0.296 e. The number of rotatable bonds is 2. The number of halogens is 2. The van der Waals surface area contributed by atoms with Crippen LogP contribution >= 0.6 is 23.2 Å². The van der Waals surface area contributed by atoms with Crippen molar-refractivity contribution < 1.29 is 0 Å². The van der Waals surface area contributed by atoms with Gasteiger partial charge in [-0.1, -0.05) is 29.3 Å². The maximum atomic E-state index is 6.04. The zero-order chi connectivity index (χ0) is 11.8. The topological polar surface area (TPSA) is 3.24 Å². The van der Waals surface area contributed by atoms with E-state index in [1.807, 2.05) is 12.1 Å². The van der Waals surface area contributed by atoms with E-state index in [2.05, 4.69) is 11.0 Å². The third-order valence-corrected chi connectivity index (χ3v) is 3.97.